The zero-order chi connectivity index (χ0) is 18.9. The molecule has 0 spiro atoms. The molecule has 2 aromatic carbocycles. The normalized spacial score (nSPS) is 19.6. The number of rotatable bonds is 4. The first-order valence-electron chi connectivity index (χ1n) is 7.88. The largest absolute Gasteiger partial charge is 0.495 e. The maximum Gasteiger partial charge on any atom is 0.332 e. The number of urea groups is 1. The van der Waals surface area contributed by atoms with Gasteiger partial charge in [0.2, 0.25) is 0 Å². The second-order valence-electron chi connectivity index (χ2n) is 5.86. The van der Waals surface area contributed by atoms with E-state index in [1.165, 1.54) is 37.3 Å². The van der Waals surface area contributed by atoms with Gasteiger partial charge in [-0.1, -0.05) is 30.3 Å². The van der Waals surface area contributed by atoms with Crippen molar-refractivity contribution in [3.63, 3.8) is 0 Å². The van der Waals surface area contributed by atoms with Crippen LogP contribution in [0.2, 0.25) is 0 Å². The number of nitrogens with zero attached hydrogens (tertiary/aromatic N) is 3. The van der Waals surface area contributed by atoms with Gasteiger partial charge in [-0.05, 0) is 17.7 Å². The summed E-state index contributed by atoms with van der Waals surface area (Å²) in [5.74, 6) is -0.306. The van der Waals surface area contributed by atoms with E-state index in [2.05, 4.69) is 0 Å². The lowest BCUT2D eigenvalue weighted by molar-refractivity contribution is -0.127. The molecular weight excluding hydrogens is 334 g/mol. The van der Waals surface area contributed by atoms with Crippen molar-refractivity contribution in [2.75, 3.05) is 25.7 Å². The summed E-state index contributed by atoms with van der Waals surface area (Å²) in [6, 6.07) is 14.5. The van der Waals surface area contributed by atoms with Gasteiger partial charge in [-0.15, -0.1) is 0 Å². The number of carbonyl (C=O) groups excluding carboxylic acids is 2. The Balaban J connectivity index is 2.13. The van der Waals surface area contributed by atoms with Gasteiger partial charge in [0.15, 0.2) is 5.54 Å². The number of likely N-dealkylation sites (N-methyl/N-ethyl adjacent to an activating group) is 1. The highest BCUT2D eigenvalue weighted by molar-refractivity contribution is 6.23. The Kier molecular flexibility index (Phi) is 4.36. The van der Waals surface area contributed by atoms with Crippen molar-refractivity contribution >= 4 is 17.6 Å². The van der Waals surface area contributed by atoms with Gasteiger partial charge in [-0.25, -0.2) is 9.69 Å². The van der Waals surface area contributed by atoms with Crippen molar-refractivity contribution in [1.29, 1.82) is 5.26 Å². The molecule has 0 radical (unpaired) electrons. The summed E-state index contributed by atoms with van der Waals surface area (Å²) in [7, 11) is 2.88. The van der Waals surface area contributed by atoms with Crippen LogP contribution in [0.25, 0.3) is 0 Å². The molecule has 3 amide bonds. The predicted octanol–water partition coefficient (Wildman–Crippen LogP) is 1.85. The Morgan fingerprint density at radius 1 is 1.19 bits per heavy atom. The molecule has 7 heteroatoms. The van der Waals surface area contributed by atoms with Gasteiger partial charge < -0.3 is 14.7 Å². The lowest BCUT2D eigenvalue weighted by atomic mass is 9.89. The number of nitriles is 1. The van der Waals surface area contributed by atoms with Crippen LogP contribution in [0.5, 0.6) is 5.75 Å². The highest BCUT2D eigenvalue weighted by Gasteiger charge is 2.57. The van der Waals surface area contributed by atoms with Crippen molar-refractivity contribution in [3.05, 3.63) is 59.7 Å². The molecule has 0 saturated carbocycles. The first-order chi connectivity index (χ1) is 12.5. The first kappa shape index (κ1) is 17.5. The summed E-state index contributed by atoms with van der Waals surface area (Å²) in [5, 5.41) is 19.2. The van der Waals surface area contributed by atoms with E-state index in [-0.39, 0.29) is 11.4 Å². The van der Waals surface area contributed by atoms with E-state index in [0.717, 1.165) is 4.90 Å². The number of imide groups is 1. The molecule has 1 heterocycles. The van der Waals surface area contributed by atoms with Crippen LogP contribution in [0.4, 0.5) is 10.5 Å². The van der Waals surface area contributed by atoms with Crippen LogP contribution in [-0.4, -0.2) is 42.7 Å². The SMILES string of the molecule is COc1cc(N2C(=O)N(C)C(CO)(c3ccccc3)C2=O)ccc1C#N. The molecule has 1 fully saturated rings. The van der Waals surface area contributed by atoms with Gasteiger partial charge in [0.05, 0.1) is 25.0 Å². The molecule has 26 heavy (non-hydrogen) atoms. The van der Waals surface area contributed by atoms with Crippen molar-refractivity contribution in [1.82, 2.24) is 4.90 Å². The van der Waals surface area contributed by atoms with Crippen LogP contribution in [0.3, 0.4) is 0 Å². The second-order valence-corrected chi connectivity index (χ2v) is 5.86. The van der Waals surface area contributed by atoms with Crippen LogP contribution in [0.1, 0.15) is 11.1 Å². The summed E-state index contributed by atoms with van der Waals surface area (Å²) in [6.07, 6.45) is 0. The van der Waals surface area contributed by atoms with Gasteiger partial charge >= 0.3 is 6.03 Å². The Hall–Kier alpha value is -3.37. The number of ether oxygens (including phenoxy) is 1. The van der Waals surface area contributed by atoms with Crippen molar-refractivity contribution in [2.45, 2.75) is 5.54 Å². The molecule has 7 nitrogen and oxygen atoms in total. The fraction of sp³-hybridized carbons (Fsp3) is 0.211. The zero-order valence-electron chi connectivity index (χ0n) is 14.3. The number of methoxy groups -OCH3 is 1. The number of anilines is 1. The molecule has 0 bridgehead atoms. The standard InChI is InChI=1S/C19H17N3O4/c1-21-18(25)22(15-9-8-13(11-20)16(10-15)26-2)17(24)19(21,12-23)14-6-4-3-5-7-14/h3-10,23H,12H2,1-2H3. The fourth-order valence-corrected chi connectivity index (χ4v) is 3.16. The van der Waals surface area contributed by atoms with Crippen molar-refractivity contribution < 1.29 is 19.4 Å². The maximum absolute atomic E-state index is 13.2. The van der Waals surface area contributed by atoms with E-state index in [1.807, 2.05) is 6.07 Å². The summed E-state index contributed by atoms with van der Waals surface area (Å²) < 4.78 is 5.16. The number of amides is 3. The molecule has 132 valence electrons. The third kappa shape index (κ3) is 2.31. The third-order valence-electron chi connectivity index (χ3n) is 4.65. The zero-order valence-corrected chi connectivity index (χ0v) is 14.3. The van der Waals surface area contributed by atoms with Crippen LogP contribution in [-0.2, 0) is 10.3 Å². The minimum atomic E-state index is -1.50. The number of benzene rings is 2. The van der Waals surface area contributed by atoms with E-state index in [1.54, 1.807) is 30.3 Å². The number of hydrogen-bond acceptors (Lipinski definition) is 5. The summed E-state index contributed by atoms with van der Waals surface area (Å²) in [6.45, 7) is -0.554. The first-order valence-corrected chi connectivity index (χ1v) is 7.88. The Morgan fingerprint density at radius 2 is 1.88 bits per heavy atom. The number of carbonyl (C=O) groups is 2. The number of aliphatic hydroxyl groups excluding tert-OH is 1. The second kappa shape index (κ2) is 6.50. The number of hydrogen-bond donors (Lipinski definition) is 1. The predicted molar refractivity (Wildman–Crippen MR) is 93.6 cm³/mol. The van der Waals surface area contributed by atoms with Gasteiger partial charge in [-0.2, -0.15) is 5.26 Å². The molecule has 2 aromatic rings. The highest BCUT2D eigenvalue weighted by Crippen LogP contribution is 2.39. The average molecular weight is 351 g/mol. The molecular formula is C19H17N3O4. The molecule has 3 rings (SSSR count). The lowest BCUT2D eigenvalue weighted by Gasteiger charge is -2.31. The molecule has 1 unspecified atom stereocenters. The summed E-state index contributed by atoms with van der Waals surface area (Å²) >= 11 is 0. The van der Waals surface area contributed by atoms with Crippen LogP contribution >= 0.6 is 0 Å². The van der Waals surface area contributed by atoms with E-state index < -0.39 is 24.1 Å². The quantitative estimate of drug-likeness (QED) is 0.849. The summed E-state index contributed by atoms with van der Waals surface area (Å²) in [4.78, 5) is 28.3. The fourth-order valence-electron chi connectivity index (χ4n) is 3.16. The molecule has 1 saturated heterocycles. The number of aliphatic hydroxyl groups is 1. The lowest BCUT2D eigenvalue weighted by Crippen LogP contribution is -2.48. The molecule has 0 aromatic heterocycles. The Morgan fingerprint density at radius 3 is 2.46 bits per heavy atom. The van der Waals surface area contributed by atoms with Gasteiger partial charge in [0, 0.05) is 13.1 Å². The molecule has 1 aliphatic rings. The Bertz CT molecular complexity index is 907. The van der Waals surface area contributed by atoms with Crippen LogP contribution < -0.4 is 9.64 Å². The monoisotopic (exact) mass is 351 g/mol. The van der Waals surface area contributed by atoms with Crippen LogP contribution in [0, 0.1) is 11.3 Å². The topological polar surface area (TPSA) is 93.9 Å². The van der Waals surface area contributed by atoms with E-state index in [4.69, 9.17) is 10.00 Å². The summed E-state index contributed by atoms with van der Waals surface area (Å²) in [5.41, 5.74) is -0.417. The smallest absolute Gasteiger partial charge is 0.332 e. The molecule has 1 N–H and O–H groups in total. The minimum absolute atomic E-state index is 0.259. The molecule has 1 aliphatic heterocycles. The van der Waals surface area contributed by atoms with Crippen molar-refractivity contribution in [2.24, 2.45) is 0 Å². The average Bonchev–Trinajstić information content (AvgIpc) is 2.88. The maximum atomic E-state index is 13.2. The van der Waals surface area contributed by atoms with Crippen LogP contribution in [0.15, 0.2) is 48.5 Å². The van der Waals surface area contributed by atoms with E-state index >= 15 is 0 Å². The van der Waals surface area contributed by atoms with Crippen molar-refractivity contribution in [3.8, 4) is 11.8 Å². The van der Waals surface area contributed by atoms with Gasteiger partial charge in [0.1, 0.15) is 11.8 Å². The van der Waals surface area contributed by atoms with Gasteiger partial charge in [0.25, 0.3) is 5.91 Å². The minimum Gasteiger partial charge on any atom is -0.495 e. The molecule has 0 aliphatic carbocycles. The van der Waals surface area contributed by atoms with E-state index in [0.29, 0.717) is 11.1 Å². The highest BCUT2D eigenvalue weighted by atomic mass is 16.5. The Labute approximate surface area is 150 Å². The van der Waals surface area contributed by atoms with Gasteiger partial charge in [-0.3, -0.25) is 4.79 Å². The molecule has 1 atom stereocenters. The third-order valence-corrected chi connectivity index (χ3v) is 4.65. The van der Waals surface area contributed by atoms with E-state index in [9.17, 15) is 14.7 Å².